The molecule has 1 saturated heterocycles. The summed E-state index contributed by atoms with van der Waals surface area (Å²) in [6.07, 6.45) is 5.17. The topological polar surface area (TPSA) is 74.3 Å². The van der Waals surface area contributed by atoms with Gasteiger partial charge in [0, 0.05) is 46.3 Å². The highest BCUT2D eigenvalue weighted by atomic mass is 16.2. The lowest BCUT2D eigenvalue weighted by Crippen LogP contribution is -2.52. The molecule has 1 aromatic heterocycles. The predicted molar refractivity (Wildman–Crippen MR) is 87.7 cm³/mol. The van der Waals surface area contributed by atoms with E-state index in [1.807, 2.05) is 11.0 Å². The van der Waals surface area contributed by atoms with Crippen molar-refractivity contribution in [2.45, 2.75) is 31.7 Å². The van der Waals surface area contributed by atoms with Crippen LogP contribution in [0.1, 0.15) is 31.2 Å². The van der Waals surface area contributed by atoms with Crippen LogP contribution in [0.3, 0.4) is 0 Å². The van der Waals surface area contributed by atoms with Gasteiger partial charge in [0.15, 0.2) is 5.56 Å². The van der Waals surface area contributed by atoms with Crippen LogP contribution in [-0.4, -0.2) is 46.3 Å². The van der Waals surface area contributed by atoms with Crippen LogP contribution in [0.5, 0.6) is 0 Å². The summed E-state index contributed by atoms with van der Waals surface area (Å²) in [4.78, 5) is 28.9. The lowest BCUT2D eigenvalue weighted by molar-refractivity contribution is 0.187. The third kappa shape index (κ3) is 2.68. The van der Waals surface area contributed by atoms with E-state index in [0.717, 1.165) is 30.7 Å². The van der Waals surface area contributed by atoms with E-state index in [4.69, 9.17) is 0 Å². The van der Waals surface area contributed by atoms with E-state index in [2.05, 4.69) is 4.90 Å². The number of rotatable bonds is 2. The molecule has 7 heteroatoms. The molecule has 23 heavy (non-hydrogen) atoms. The fraction of sp³-hybridized carbons (Fsp3) is 0.688. The molecule has 1 aliphatic heterocycles. The zero-order valence-electron chi connectivity index (χ0n) is 13.8. The van der Waals surface area contributed by atoms with E-state index in [9.17, 15) is 14.9 Å². The number of anilines is 1. The zero-order valence-corrected chi connectivity index (χ0v) is 13.8. The molecule has 1 aliphatic carbocycles. The summed E-state index contributed by atoms with van der Waals surface area (Å²) in [6.45, 7) is 3.31. The molecule has 2 aliphatic rings. The third-order valence-electron chi connectivity index (χ3n) is 5.20. The fourth-order valence-electron chi connectivity index (χ4n) is 3.87. The van der Waals surface area contributed by atoms with Crippen LogP contribution in [-0.2, 0) is 14.1 Å². The summed E-state index contributed by atoms with van der Waals surface area (Å²) < 4.78 is 2.42. The molecule has 1 aromatic rings. The van der Waals surface area contributed by atoms with Gasteiger partial charge in [-0.05, 0) is 12.8 Å². The van der Waals surface area contributed by atoms with Crippen molar-refractivity contribution in [3.8, 4) is 6.07 Å². The molecular weight excluding hydrogens is 294 g/mol. The molecule has 0 aromatic carbocycles. The third-order valence-corrected chi connectivity index (χ3v) is 5.20. The molecular formula is C16H23N5O2. The Balaban J connectivity index is 1.88. The molecule has 0 N–H and O–H groups in total. The molecule has 0 spiro atoms. The summed E-state index contributed by atoms with van der Waals surface area (Å²) in [7, 11) is 3.04. The van der Waals surface area contributed by atoms with Crippen LogP contribution in [0.15, 0.2) is 9.59 Å². The highest BCUT2D eigenvalue weighted by Crippen LogP contribution is 2.25. The van der Waals surface area contributed by atoms with Crippen molar-refractivity contribution in [3.63, 3.8) is 0 Å². The molecule has 1 saturated carbocycles. The van der Waals surface area contributed by atoms with Crippen LogP contribution in [0.25, 0.3) is 0 Å². The summed E-state index contributed by atoms with van der Waals surface area (Å²) in [5.41, 5.74) is -0.838. The van der Waals surface area contributed by atoms with Crippen LogP contribution in [0.4, 0.5) is 5.82 Å². The highest BCUT2D eigenvalue weighted by molar-refractivity contribution is 5.53. The first-order valence-electron chi connectivity index (χ1n) is 8.23. The van der Waals surface area contributed by atoms with E-state index < -0.39 is 5.56 Å². The second-order valence-electron chi connectivity index (χ2n) is 6.48. The number of hydrogen-bond acceptors (Lipinski definition) is 5. The van der Waals surface area contributed by atoms with Gasteiger partial charge in [0.25, 0.3) is 5.56 Å². The maximum Gasteiger partial charge on any atom is 0.332 e. The Hall–Kier alpha value is -2.07. The largest absolute Gasteiger partial charge is 0.354 e. The number of piperazine rings is 1. The summed E-state index contributed by atoms with van der Waals surface area (Å²) >= 11 is 0. The van der Waals surface area contributed by atoms with Gasteiger partial charge in [0.1, 0.15) is 11.9 Å². The molecule has 3 rings (SSSR count). The first-order valence-corrected chi connectivity index (χ1v) is 8.23. The Kier molecular flexibility index (Phi) is 4.26. The molecule has 0 bridgehead atoms. The monoisotopic (exact) mass is 317 g/mol. The molecule has 0 radical (unpaired) electrons. The first-order chi connectivity index (χ1) is 11.0. The fourth-order valence-corrected chi connectivity index (χ4v) is 3.87. The number of hydrogen-bond donors (Lipinski definition) is 0. The van der Waals surface area contributed by atoms with Gasteiger partial charge in [0.2, 0.25) is 0 Å². The maximum atomic E-state index is 12.2. The Morgan fingerprint density at radius 3 is 2.17 bits per heavy atom. The molecule has 0 atom stereocenters. The number of aromatic nitrogens is 2. The van der Waals surface area contributed by atoms with Gasteiger partial charge < -0.3 is 4.90 Å². The zero-order chi connectivity index (χ0) is 16.6. The second-order valence-corrected chi connectivity index (χ2v) is 6.48. The molecule has 0 unspecified atom stereocenters. The Morgan fingerprint density at radius 1 is 1.00 bits per heavy atom. The van der Waals surface area contributed by atoms with Gasteiger partial charge >= 0.3 is 5.69 Å². The van der Waals surface area contributed by atoms with Gasteiger partial charge in [-0.2, -0.15) is 5.26 Å². The van der Waals surface area contributed by atoms with Gasteiger partial charge in [-0.1, -0.05) is 12.8 Å². The predicted octanol–water partition coefficient (Wildman–Crippen LogP) is 0.0203. The smallest absolute Gasteiger partial charge is 0.332 e. The summed E-state index contributed by atoms with van der Waals surface area (Å²) in [6, 6.07) is 2.67. The molecule has 124 valence electrons. The minimum absolute atomic E-state index is 0.0592. The molecule has 7 nitrogen and oxygen atoms in total. The number of nitrogens with zero attached hydrogens (tertiary/aromatic N) is 5. The first kappa shape index (κ1) is 15.8. The average molecular weight is 317 g/mol. The van der Waals surface area contributed by atoms with Crippen LogP contribution < -0.4 is 16.1 Å². The van der Waals surface area contributed by atoms with Gasteiger partial charge in [-0.25, -0.2) is 4.79 Å². The lowest BCUT2D eigenvalue weighted by Gasteiger charge is -2.39. The Bertz CT molecular complexity index is 743. The van der Waals surface area contributed by atoms with Crippen molar-refractivity contribution in [1.82, 2.24) is 14.0 Å². The molecule has 2 heterocycles. The van der Waals surface area contributed by atoms with Crippen LogP contribution in [0.2, 0.25) is 0 Å². The van der Waals surface area contributed by atoms with Crippen molar-refractivity contribution < 1.29 is 0 Å². The lowest BCUT2D eigenvalue weighted by atomic mass is 10.1. The quantitative estimate of drug-likeness (QED) is 0.769. The maximum absolute atomic E-state index is 12.2. The average Bonchev–Trinajstić information content (AvgIpc) is 3.11. The van der Waals surface area contributed by atoms with Crippen LogP contribution in [0, 0.1) is 11.3 Å². The van der Waals surface area contributed by atoms with E-state index >= 15 is 0 Å². The summed E-state index contributed by atoms with van der Waals surface area (Å²) in [5.74, 6) is 0.465. The van der Waals surface area contributed by atoms with E-state index in [-0.39, 0.29) is 11.3 Å². The minimum Gasteiger partial charge on any atom is -0.354 e. The Labute approximate surface area is 135 Å². The van der Waals surface area contributed by atoms with Crippen LogP contribution >= 0.6 is 0 Å². The van der Waals surface area contributed by atoms with Gasteiger partial charge in [-0.3, -0.25) is 18.8 Å². The van der Waals surface area contributed by atoms with E-state index in [1.54, 1.807) is 7.05 Å². The number of nitriles is 1. The van der Waals surface area contributed by atoms with Crippen molar-refractivity contribution >= 4 is 5.82 Å². The molecule has 0 amide bonds. The standard InChI is InChI=1S/C16H23N5O2/c1-18-14(13(11-17)15(22)19(2)16(18)23)21-9-7-20(8-10-21)12-5-3-4-6-12/h12H,3-10H2,1-2H3. The van der Waals surface area contributed by atoms with Crippen molar-refractivity contribution in [2.75, 3.05) is 31.1 Å². The normalized spacial score (nSPS) is 20.0. The molecule has 2 fully saturated rings. The highest BCUT2D eigenvalue weighted by Gasteiger charge is 2.29. The Morgan fingerprint density at radius 2 is 1.61 bits per heavy atom. The SMILES string of the molecule is Cn1c(N2CCN(C3CCCC3)CC2)c(C#N)c(=O)n(C)c1=O. The van der Waals surface area contributed by atoms with E-state index in [0.29, 0.717) is 11.9 Å². The van der Waals surface area contributed by atoms with Crippen molar-refractivity contribution in [2.24, 2.45) is 14.1 Å². The van der Waals surface area contributed by atoms with Crippen molar-refractivity contribution in [3.05, 3.63) is 26.4 Å². The summed E-state index contributed by atoms with van der Waals surface area (Å²) in [5, 5.41) is 9.38. The van der Waals surface area contributed by atoms with E-state index in [1.165, 1.54) is 37.3 Å². The second kappa shape index (κ2) is 6.20. The van der Waals surface area contributed by atoms with Gasteiger partial charge in [-0.15, -0.1) is 0 Å². The minimum atomic E-state index is -0.510. The van der Waals surface area contributed by atoms with Crippen molar-refractivity contribution in [1.29, 1.82) is 5.26 Å². The van der Waals surface area contributed by atoms with Gasteiger partial charge in [0.05, 0.1) is 0 Å².